The fourth-order valence-electron chi connectivity index (χ4n) is 1.18. The lowest BCUT2D eigenvalue weighted by Crippen LogP contribution is -2.24. The molecule has 1 aliphatic rings. The fourth-order valence-corrected chi connectivity index (χ4v) is 1.18. The van der Waals surface area contributed by atoms with Crippen LogP contribution < -0.4 is 5.32 Å². The van der Waals surface area contributed by atoms with Gasteiger partial charge in [-0.3, -0.25) is 4.79 Å². The number of rotatable bonds is 4. The molecule has 0 heterocycles. The standard InChI is InChI=1S/C8H15NO/c1-9-6-5-8(10)7-3-2-4-7/h7,9H,2-6H2,1H3. The second kappa shape index (κ2) is 3.71. The fraction of sp³-hybridized carbons (Fsp3) is 0.875. The van der Waals surface area contributed by atoms with Gasteiger partial charge < -0.3 is 5.32 Å². The summed E-state index contributed by atoms with van der Waals surface area (Å²) in [6.45, 7) is 0.843. The molecule has 0 saturated heterocycles. The van der Waals surface area contributed by atoms with E-state index in [4.69, 9.17) is 0 Å². The summed E-state index contributed by atoms with van der Waals surface area (Å²) in [5.74, 6) is 0.883. The molecule has 0 spiro atoms. The van der Waals surface area contributed by atoms with E-state index in [9.17, 15) is 4.79 Å². The van der Waals surface area contributed by atoms with Crippen molar-refractivity contribution in [3.63, 3.8) is 0 Å². The highest BCUT2D eigenvalue weighted by Gasteiger charge is 2.23. The van der Waals surface area contributed by atoms with Crippen molar-refractivity contribution in [3.05, 3.63) is 0 Å². The number of hydrogen-bond acceptors (Lipinski definition) is 2. The van der Waals surface area contributed by atoms with Crippen LogP contribution >= 0.6 is 0 Å². The third-order valence-electron chi connectivity index (χ3n) is 2.18. The van der Waals surface area contributed by atoms with Crippen LogP contribution in [0.5, 0.6) is 0 Å². The predicted molar refractivity (Wildman–Crippen MR) is 40.9 cm³/mol. The van der Waals surface area contributed by atoms with E-state index in [1.807, 2.05) is 7.05 Å². The first-order valence-corrected chi connectivity index (χ1v) is 4.02. The van der Waals surface area contributed by atoms with Crippen LogP contribution in [-0.2, 0) is 4.79 Å². The van der Waals surface area contributed by atoms with Crippen molar-refractivity contribution in [1.82, 2.24) is 5.32 Å². The molecule has 0 aromatic carbocycles. The minimum absolute atomic E-state index is 0.424. The van der Waals surface area contributed by atoms with E-state index in [2.05, 4.69) is 5.32 Å². The number of hydrogen-bond donors (Lipinski definition) is 1. The topological polar surface area (TPSA) is 29.1 Å². The first-order valence-electron chi connectivity index (χ1n) is 4.02. The number of nitrogens with one attached hydrogen (secondary N) is 1. The average molecular weight is 141 g/mol. The molecule has 10 heavy (non-hydrogen) atoms. The number of Topliss-reactive ketones (excluding diaryl/α,β-unsaturated/α-hetero) is 1. The highest BCUT2D eigenvalue weighted by molar-refractivity contribution is 5.81. The van der Waals surface area contributed by atoms with E-state index < -0.39 is 0 Å². The Morgan fingerprint density at radius 1 is 1.60 bits per heavy atom. The Morgan fingerprint density at radius 2 is 2.30 bits per heavy atom. The maximum absolute atomic E-state index is 11.1. The Labute approximate surface area is 62.0 Å². The zero-order valence-electron chi connectivity index (χ0n) is 6.52. The van der Waals surface area contributed by atoms with E-state index in [-0.39, 0.29) is 0 Å². The van der Waals surface area contributed by atoms with Crippen molar-refractivity contribution in [2.45, 2.75) is 25.7 Å². The molecule has 0 amide bonds. The van der Waals surface area contributed by atoms with Gasteiger partial charge in [-0.2, -0.15) is 0 Å². The third kappa shape index (κ3) is 1.81. The van der Waals surface area contributed by atoms with E-state index in [0.29, 0.717) is 11.7 Å². The SMILES string of the molecule is CNCCC(=O)C1CCC1. The van der Waals surface area contributed by atoms with Crippen LogP contribution in [-0.4, -0.2) is 19.4 Å². The van der Waals surface area contributed by atoms with E-state index in [1.165, 1.54) is 6.42 Å². The van der Waals surface area contributed by atoms with Crippen LogP contribution in [0.15, 0.2) is 0 Å². The first kappa shape index (κ1) is 7.73. The van der Waals surface area contributed by atoms with Crippen molar-refractivity contribution < 1.29 is 4.79 Å². The van der Waals surface area contributed by atoms with Crippen molar-refractivity contribution in [2.75, 3.05) is 13.6 Å². The Bertz CT molecular complexity index is 118. The zero-order chi connectivity index (χ0) is 7.40. The molecule has 2 heteroatoms. The van der Waals surface area contributed by atoms with Gasteiger partial charge in [0.2, 0.25) is 0 Å². The van der Waals surface area contributed by atoms with E-state index >= 15 is 0 Å². The summed E-state index contributed by atoms with van der Waals surface area (Å²) in [4.78, 5) is 11.1. The highest BCUT2D eigenvalue weighted by atomic mass is 16.1. The van der Waals surface area contributed by atoms with Gasteiger partial charge in [-0.05, 0) is 19.9 Å². The zero-order valence-corrected chi connectivity index (χ0v) is 6.52. The molecule has 1 N–H and O–H groups in total. The molecule has 2 nitrogen and oxygen atoms in total. The second-order valence-corrected chi connectivity index (χ2v) is 2.95. The Hall–Kier alpha value is -0.370. The third-order valence-corrected chi connectivity index (χ3v) is 2.18. The van der Waals surface area contributed by atoms with Crippen LogP contribution in [0.2, 0.25) is 0 Å². The lowest BCUT2D eigenvalue weighted by atomic mass is 9.81. The molecule has 0 bridgehead atoms. The van der Waals surface area contributed by atoms with Gasteiger partial charge in [0, 0.05) is 18.9 Å². The molecule has 1 fully saturated rings. The van der Waals surface area contributed by atoms with Crippen LogP contribution in [0.1, 0.15) is 25.7 Å². The van der Waals surface area contributed by atoms with Gasteiger partial charge in [0.25, 0.3) is 0 Å². The van der Waals surface area contributed by atoms with Crippen LogP contribution in [0.25, 0.3) is 0 Å². The molecule has 1 rings (SSSR count). The second-order valence-electron chi connectivity index (χ2n) is 2.95. The van der Waals surface area contributed by atoms with Gasteiger partial charge >= 0.3 is 0 Å². The van der Waals surface area contributed by atoms with Gasteiger partial charge in [-0.25, -0.2) is 0 Å². The van der Waals surface area contributed by atoms with Crippen molar-refractivity contribution in [1.29, 1.82) is 0 Å². The molecule has 0 unspecified atom stereocenters. The molecule has 1 saturated carbocycles. The van der Waals surface area contributed by atoms with Crippen LogP contribution in [0, 0.1) is 5.92 Å². The summed E-state index contributed by atoms with van der Waals surface area (Å²) in [5, 5.41) is 2.98. The van der Waals surface area contributed by atoms with Gasteiger partial charge in [0.15, 0.2) is 0 Å². The molecular formula is C8H15NO. The normalized spacial score (nSPS) is 18.5. The molecule has 0 aromatic heterocycles. The van der Waals surface area contributed by atoms with Gasteiger partial charge in [0.1, 0.15) is 5.78 Å². The first-order chi connectivity index (χ1) is 4.84. The van der Waals surface area contributed by atoms with Crippen LogP contribution in [0.3, 0.4) is 0 Å². The lowest BCUT2D eigenvalue weighted by Gasteiger charge is -2.23. The largest absolute Gasteiger partial charge is 0.319 e. The molecule has 1 aliphatic carbocycles. The van der Waals surface area contributed by atoms with Crippen molar-refractivity contribution in [3.8, 4) is 0 Å². The Kier molecular flexibility index (Phi) is 2.87. The van der Waals surface area contributed by atoms with Crippen molar-refractivity contribution in [2.24, 2.45) is 5.92 Å². The predicted octanol–water partition coefficient (Wildman–Crippen LogP) is 0.965. The molecule has 0 aromatic rings. The maximum Gasteiger partial charge on any atom is 0.137 e. The van der Waals surface area contributed by atoms with E-state index in [0.717, 1.165) is 25.8 Å². The number of carbonyl (C=O) groups is 1. The minimum Gasteiger partial charge on any atom is -0.319 e. The Balaban J connectivity index is 2.08. The lowest BCUT2D eigenvalue weighted by molar-refractivity contribution is -0.125. The monoisotopic (exact) mass is 141 g/mol. The molecule has 0 aliphatic heterocycles. The van der Waals surface area contributed by atoms with Gasteiger partial charge in [-0.15, -0.1) is 0 Å². The number of ketones is 1. The van der Waals surface area contributed by atoms with Gasteiger partial charge in [-0.1, -0.05) is 6.42 Å². The highest BCUT2D eigenvalue weighted by Crippen LogP contribution is 2.27. The molecular weight excluding hydrogens is 126 g/mol. The minimum atomic E-state index is 0.424. The summed E-state index contributed by atoms with van der Waals surface area (Å²) in [6.07, 6.45) is 4.27. The van der Waals surface area contributed by atoms with Crippen LogP contribution in [0.4, 0.5) is 0 Å². The van der Waals surface area contributed by atoms with Gasteiger partial charge in [0.05, 0.1) is 0 Å². The maximum atomic E-state index is 11.1. The molecule has 0 radical (unpaired) electrons. The average Bonchev–Trinajstić information content (AvgIpc) is 1.79. The Morgan fingerprint density at radius 3 is 2.70 bits per heavy atom. The summed E-state index contributed by atoms with van der Waals surface area (Å²) < 4.78 is 0. The smallest absolute Gasteiger partial charge is 0.137 e. The summed E-state index contributed by atoms with van der Waals surface area (Å²) in [7, 11) is 1.88. The summed E-state index contributed by atoms with van der Waals surface area (Å²) in [5.41, 5.74) is 0. The summed E-state index contributed by atoms with van der Waals surface area (Å²) in [6, 6.07) is 0. The summed E-state index contributed by atoms with van der Waals surface area (Å²) >= 11 is 0. The van der Waals surface area contributed by atoms with E-state index in [1.54, 1.807) is 0 Å². The molecule has 58 valence electrons. The molecule has 0 atom stereocenters. The van der Waals surface area contributed by atoms with Crippen molar-refractivity contribution >= 4 is 5.78 Å². The quantitative estimate of drug-likeness (QED) is 0.632. The number of carbonyl (C=O) groups excluding carboxylic acids is 1.